The van der Waals surface area contributed by atoms with E-state index in [-0.39, 0.29) is 5.92 Å². The van der Waals surface area contributed by atoms with Gasteiger partial charge in [0, 0.05) is 8.27 Å². The highest BCUT2D eigenvalue weighted by Gasteiger charge is 2.21. The summed E-state index contributed by atoms with van der Waals surface area (Å²) in [5.74, 6) is -2.22. The normalized spacial score (nSPS) is 14.0. The summed E-state index contributed by atoms with van der Waals surface area (Å²) < 4.78 is 10.6. The second-order valence-electron chi connectivity index (χ2n) is 2.48. The third-order valence-corrected chi connectivity index (χ3v) is 1.09. The third kappa shape index (κ3) is 3.72. The van der Waals surface area contributed by atoms with Gasteiger partial charge in [-0.25, -0.2) is 4.79 Å². The van der Waals surface area contributed by atoms with E-state index < -0.39 is 24.9 Å². The van der Waals surface area contributed by atoms with Gasteiger partial charge in [-0.1, -0.05) is 13.8 Å². The zero-order valence-electron chi connectivity index (χ0n) is 7.53. The molecular weight excluding hydrogens is 148 g/mol. The molecule has 4 heteroatoms. The molecule has 0 fully saturated rings. The number of aliphatic hydroxyl groups excluding tert-OH is 1. The fraction of sp³-hybridized carbons (Fsp3) is 0.714. The minimum absolute atomic E-state index is 0.295. The lowest BCUT2D eigenvalue weighted by molar-refractivity contribution is -0.166. The fourth-order valence-electron chi connectivity index (χ4n) is 0.445. The van der Waals surface area contributed by atoms with Gasteiger partial charge in [0.2, 0.25) is 0 Å². The van der Waals surface area contributed by atoms with Crippen LogP contribution in [0.4, 0.5) is 0 Å². The number of carbonyl (C=O) groups is 2. The standard InChI is InChI=1S/C7H12O4/c1-4(2)6(9)7(10)11-5(3)8/h4,6,9H,1-3H3/i3D. The van der Waals surface area contributed by atoms with Crippen LogP contribution in [0.1, 0.15) is 22.1 Å². The zero-order valence-corrected chi connectivity index (χ0v) is 6.53. The molecule has 0 saturated heterocycles. The second-order valence-corrected chi connectivity index (χ2v) is 2.48. The van der Waals surface area contributed by atoms with Crippen LogP contribution in [-0.2, 0) is 14.3 Å². The molecule has 1 atom stereocenters. The van der Waals surface area contributed by atoms with Crippen LogP contribution in [0, 0.1) is 5.92 Å². The summed E-state index contributed by atoms with van der Waals surface area (Å²) >= 11 is 0. The van der Waals surface area contributed by atoms with Crippen molar-refractivity contribution in [2.75, 3.05) is 0 Å². The first-order valence-electron chi connectivity index (χ1n) is 3.91. The Morgan fingerprint density at radius 2 is 2.09 bits per heavy atom. The Bertz CT molecular complexity index is 178. The molecule has 1 unspecified atom stereocenters. The summed E-state index contributed by atoms with van der Waals surface area (Å²) in [7, 11) is 0. The first kappa shape index (κ1) is 8.20. The lowest BCUT2D eigenvalue weighted by Crippen LogP contribution is -2.29. The van der Waals surface area contributed by atoms with E-state index in [0.717, 1.165) is 0 Å². The molecule has 0 aromatic rings. The first-order valence-corrected chi connectivity index (χ1v) is 3.20. The van der Waals surface area contributed by atoms with Crippen molar-refractivity contribution in [2.45, 2.75) is 26.9 Å². The summed E-state index contributed by atoms with van der Waals surface area (Å²) in [6, 6.07) is 0. The molecule has 0 rings (SSSR count). The van der Waals surface area contributed by atoms with Gasteiger partial charge in [-0.15, -0.1) is 0 Å². The molecule has 0 aliphatic rings. The maximum absolute atomic E-state index is 10.8. The van der Waals surface area contributed by atoms with E-state index in [2.05, 4.69) is 4.74 Å². The quantitative estimate of drug-likeness (QED) is 0.460. The summed E-state index contributed by atoms with van der Waals surface area (Å²) in [6.07, 6.45) is -1.29. The third-order valence-electron chi connectivity index (χ3n) is 1.09. The monoisotopic (exact) mass is 161 g/mol. The fourth-order valence-corrected chi connectivity index (χ4v) is 0.445. The molecule has 0 radical (unpaired) electrons. The Balaban J connectivity index is 3.96. The van der Waals surface area contributed by atoms with Crippen molar-refractivity contribution >= 4 is 11.9 Å². The molecule has 0 saturated carbocycles. The maximum atomic E-state index is 10.8. The average molecular weight is 161 g/mol. The zero-order chi connectivity index (χ0) is 9.72. The predicted molar refractivity (Wildman–Crippen MR) is 37.6 cm³/mol. The Hall–Kier alpha value is -0.900. The van der Waals surface area contributed by atoms with Crippen molar-refractivity contribution in [3.05, 3.63) is 0 Å². The topological polar surface area (TPSA) is 63.6 Å². The van der Waals surface area contributed by atoms with Gasteiger partial charge in [-0.05, 0) is 5.92 Å². The van der Waals surface area contributed by atoms with E-state index in [1.807, 2.05) is 0 Å². The van der Waals surface area contributed by atoms with Crippen LogP contribution in [0.2, 0.25) is 0 Å². The lowest BCUT2D eigenvalue weighted by atomic mass is 10.1. The molecule has 0 bridgehead atoms. The highest BCUT2D eigenvalue weighted by atomic mass is 16.6. The van der Waals surface area contributed by atoms with E-state index in [1.165, 1.54) is 0 Å². The van der Waals surface area contributed by atoms with Gasteiger partial charge >= 0.3 is 11.9 Å². The van der Waals surface area contributed by atoms with Gasteiger partial charge in [0.05, 0.1) is 0 Å². The summed E-state index contributed by atoms with van der Waals surface area (Å²) in [6.45, 7) is 2.63. The smallest absolute Gasteiger partial charge is 0.342 e. The highest BCUT2D eigenvalue weighted by molar-refractivity contribution is 5.86. The van der Waals surface area contributed by atoms with Gasteiger partial charge in [0.1, 0.15) is 0 Å². The highest BCUT2D eigenvalue weighted by Crippen LogP contribution is 2.02. The summed E-state index contributed by atoms with van der Waals surface area (Å²) in [4.78, 5) is 21.2. The summed E-state index contributed by atoms with van der Waals surface area (Å²) in [5.41, 5.74) is 0. The molecule has 64 valence electrons. The molecule has 0 spiro atoms. The molecule has 4 nitrogen and oxygen atoms in total. The predicted octanol–water partition coefficient (Wildman–Crippen LogP) is 0.0930. The van der Waals surface area contributed by atoms with Crippen LogP contribution < -0.4 is 0 Å². The van der Waals surface area contributed by atoms with E-state index in [1.54, 1.807) is 13.8 Å². The minimum atomic E-state index is -1.29. The number of aliphatic hydroxyl groups is 1. The molecule has 0 amide bonds. The van der Waals surface area contributed by atoms with Crippen LogP contribution >= 0.6 is 0 Å². The van der Waals surface area contributed by atoms with E-state index in [4.69, 9.17) is 6.48 Å². The first-order chi connectivity index (χ1) is 5.49. The number of carbonyl (C=O) groups excluding carboxylic acids is 2. The van der Waals surface area contributed by atoms with Crippen molar-refractivity contribution in [1.29, 1.82) is 0 Å². The lowest BCUT2D eigenvalue weighted by Gasteiger charge is -2.10. The Labute approximate surface area is 66.6 Å². The van der Waals surface area contributed by atoms with Crippen molar-refractivity contribution in [2.24, 2.45) is 5.92 Å². The van der Waals surface area contributed by atoms with Crippen molar-refractivity contribution < 1.29 is 20.8 Å². The maximum Gasteiger partial charge on any atom is 0.342 e. The molecule has 0 aromatic heterocycles. The van der Waals surface area contributed by atoms with Crippen LogP contribution in [0.5, 0.6) is 0 Å². The van der Waals surface area contributed by atoms with Gasteiger partial charge < -0.3 is 9.84 Å². The number of rotatable bonds is 2. The molecule has 1 N–H and O–H groups in total. The van der Waals surface area contributed by atoms with Crippen LogP contribution in [-0.4, -0.2) is 23.1 Å². The number of ether oxygens (including phenoxy) is 1. The van der Waals surface area contributed by atoms with E-state index >= 15 is 0 Å². The van der Waals surface area contributed by atoms with Crippen LogP contribution in [0.15, 0.2) is 0 Å². The molecule has 11 heavy (non-hydrogen) atoms. The minimum Gasteiger partial charge on any atom is -0.391 e. The molecular formula is C7H12O4. The molecule has 0 aromatic carbocycles. The van der Waals surface area contributed by atoms with Gasteiger partial charge in [0.15, 0.2) is 6.10 Å². The Morgan fingerprint density at radius 3 is 2.45 bits per heavy atom. The van der Waals surface area contributed by atoms with Gasteiger partial charge in [0.25, 0.3) is 0 Å². The number of hydrogen-bond donors (Lipinski definition) is 1. The van der Waals surface area contributed by atoms with Crippen LogP contribution in [0.25, 0.3) is 0 Å². The molecule has 0 aliphatic carbocycles. The van der Waals surface area contributed by atoms with Crippen LogP contribution in [0.3, 0.4) is 0 Å². The second kappa shape index (κ2) is 4.08. The largest absolute Gasteiger partial charge is 0.391 e. The molecule has 0 aliphatic heterocycles. The van der Waals surface area contributed by atoms with Crippen molar-refractivity contribution in [1.82, 2.24) is 0 Å². The van der Waals surface area contributed by atoms with Crippen molar-refractivity contribution in [3.8, 4) is 0 Å². The Morgan fingerprint density at radius 1 is 1.55 bits per heavy atom. The number of esters is 2. The molecule has 0 heterocycles. The number of hydrogen-bond acceptors (Lipinski definition) is 4. The van der Waals surface area contributed by atoms with Crippen molar-refractivity contribution in [3.63, 3.8) is 0 Å². The average Bonchev–Trinajstić information content (AvgIpc) is 2.02. The van der Waals surface area contributed by atoms with Gasteiger partial charge in [-0.3, -0.25) is 4.79 Å². The van der Waals surface area contributed by atoms with Gasteiger partial charge in [-0.2, -0.15) is 0 Å². The Kier molecular flexibility index (Phi) is 3.04. The summed E-state index contributed by atoms with van der Waals surface area (Å²) in [5, 5.41) is 9.05. The van der Waals surface area contributed by atoms with E-state index in [9.17, 15) is 9.59 Å². The SMILES string of the molecule is [2H]CC(=O)OC(=O)C(O)C(C)C. The van der Waals surface area contributed by atoms with E-state index in [0.29, 0.717) is 0 Å².